The number of aromatic nitrogens is 2. The van der Waals surface area contributed by atoms with E-state index in [1.54, 1.807) is 0 Å². The van der Waals surface area contributed by atoms with E-state index in [2.05, 4.69) is 9.97 Å². The van der Waals surface area contributed by atoms with E-state index < -0.39 is 0 Å². The number of hydrogen-bond acceptors (Lipinski definition) is 3. The van der Waals surface area contributed by atoms with E-state index in [0.717, 1.165) is 35.3 Å². The first-order chi connectivity index (χ1) is 7.70. The Morgan fingerprint density at radius 1 is 1.50 bits per heavy atom. The van der Waals surface area contributed by atoms with Gasteiger partial charge in [-0.15, -0.1) is 0 Å². The fraction of sp³-hybridized carbons (Fsp3) is 0.417. The molecular formula is C12H17N3O. The lowest BCUT2D eigenvalue weighted by Crippen LogP contribution is -2.10. The van der Waals surface area contributed by atoms with Crippen LogP contribution in [0.1, 0.15) is 30.3 Å². The van der Waals surface area contributed by atoms with Gasteiger partial charge >= 0.3 is 0 Å². The first-order valence-corrected chi connectivity index (χ1v) is 5.53. The van der Waals surface area contributed by atoms with Gasteiger partial charge in [0.2, 0.25) is 0 Å². The van der Waals surface area contributed by atoms with E-state index >= 15 is 0 Å². The topological polar surface area (TPSA) is 74.9 Å². The Morgan fingerprint density at radius 3 is 3.06 bits per heavy atom. The van der Waals surface area contributed by atoms with Crippen molar-refractivity contribution in [2.45, 2.75) is 25.8 Å². The van der Waals surface area contributed by atoms with E-state index in [0.29, 0.717) is 0 Å². The molecule has 1 aromatic carbocycles. The Morgan fingerprint density at radius 2 is 2.31 bits per heavy atom. The summed E-state index contributed by atoms with van der Waals surface area (Å²) in [4.78, 5) is 7.53. The number of aryl methyl sites for hydroxylation is 1. The predicted octanol–water partition coefficient (Wildman–Crippen LogP) is 1.64. The van der Waals surface area contributed by atoms with Gasteiger partial charge in [-0.2, -0.15) is 0 Å². The number of aromatic amines is 1. The Labute approximate surface area is 94.5 Å². The van der Waals surface area contributed by atoms with E-state index in [1.165, 1.54) is 0 Å². The molecule has 1 unspecified atom stereocenters. The fourth-order valence-electron chi connectivity index (χ4n) is 1.86. The van der Waals surface area contributed by atoms with Gasteiger partial charge in [-0.3, -0.25) is 0 Å². The van der Waals surface area contributed by atoms with Crippen LogP contribution in [-0.4, -0.2) is 21.7 Å². The number of nitrogens with two attached hydrogens (primary N) is 1. The third kappa shape index (κ3) is 2.23. The number of nitrogens with zero attached hydrogens (tertiary/aromatic N) is 1. The van der Waals surface area contributed by atoms with Crippen LogP contribution in [0.4, 0.5) is 0 Å². The smallest absolute Gasteiger partial charge is 0.104 e. The zero-order chi connectivity index (χ0) is 11.5. The maximum atomic E-state index is 8.77. The fourth-order valence-corrected chi connectivity index (χ4v) is 1.86. The monoisotopic (exact) mass is 219 g/mol. The lowest BCUT2D eigenvalue weighted by molar-refractivity contribution is 0.280. The van der Waals surface area contributed by atoms with Crippen LogP contribution < -0.4 is 5.73 Å². The number of H-pyrrole nitrogens is 1. The average molecular weight is 219 g/mol. The molecular weight excluding hydrogens is 202 g/mol. The van der Waals surface area contributed by atoms with Crippen molar-refractivity contribution in [3.05, 3.63) is 29.6 Å². The van der Waals surface area contributed by atoms with Crippen molar-refractivity contribution in [2.75, 3.05) is 6.61 Å². The molecule has 16 heavy (non-hydrogen) atoms. The Balaban J connectivity index is 2.24. The molecule has 1 aromatic heterocycles. The highest BCUT2D eigenvalue weighted by atomic mass is 16.2. The number of nitrogens with one attached hydrogen (secondary N) is 1. The van der Waals surface area contributed by atoms with Crippen LogP contribution in [0.5, 0.6) is 0 Å². The van der Waals surface area contributed by atoms with Gasteiger partial charge in [-0.05, 0) is 37.5 Å². The van der Waals surface area contributed by atoms with Crippen LogP contribution in [0.25, 0.3) is 11.0 Å². The van der Waals surface area contributed by atoms with E-state index in [4.69, 9.17) is 10.8 Å². The van der Waals surface area contributed by atoms with Crippen LogP contribution in [0, 0.1) is 6.92 Å². The SMILES string of the molecule is Cc1nc2ccc(C(N)CCCO)cc2[nH]1. The molecule has 0 fully saturated rings. The quantitative estimate of drug-likeness (QED) is 0.731. The van der Waals surface area contributed by atoms with Crippen LogP contribution in [-0.2, 0) is 0 Å². The van der Waals surface area contributed by atoms with Crippen molar-refractivity contribution in [2.24, 2.45) is 5.73 Å². The van der Waals surface area contributed by atoms with Crippen LogP contribution >= 0.6 is 0 Å². The maximum Gasteiger partial charge on any atom is 0.104 e. The molecule has 0 saturated heterocycles. The number of imidazole rings is 1. The van der Waals surface area contributed by atoms with Gasteiger partial charge in [0, 0.05) is 12.6 Å². The van der Waals surface area contributed by atoms with Crippen molar-refractivity contribution in [3.63, 3.8) is 0 Å². The molecule has 1 heterocycles. The summed E-state index contributed by atoms with van der Waals surface area (Å²) < 4.78 is 0. The summed E-state index contributed by atoms with van der Waals surface area (Å²) in [7, 11) is 0. The minimum absolute atomic E-state index is 0.0137. The minimum Gasteiger partial charge on any atom is -0.396 e. The van der Waals surface area contributed by atoms with Crippen molar-refractivity contribution in [1.82, 2.24) is 9.97 Å². The first-order valence-electron chi connectivity index (χ1n) is 5.53. The lowest BCUT2D eigenvalue weighted by Gasteiger charge is -2.10. The van der Waals surface area contributed by atoms with Gasteiger partial charge in [0.05, 0.1) is 11.0 Å². The molecule has 0 bridgehead atoms. The molecule has 0 radical (unpaired) electrons. The first kappa shape index (κ1) is 11.1. The van der Waals surface area contributed by atoms with Crippen LogP contribution in [0.2, 0.25) is 0 Å². The van der Waals surface area contributed by atoms with Gasteiger partial charge in [-0.1, -0.05) is 6.07 Å². The third-order valence-corrected chi connectivity index (χ3v) is 2.73. The largest absolute Gasteiger partial charge is 0.396 e. The molecule has 2 aromatic rings. The second kappa shape index (κ2) is 4.63. The summed E-state index contributed by atoms with van der Waals surface area (Å²) in [6.45, 7) is 2.13. The highest BCUT2D eigenvalue weighted by molar-refractivity contribution is 5.75. The maximum absolute atomic E-state index is 8.77. The van der Waals surface area contributed by atoms with E-state index in [9.17, 15) is 0 Å². The molecule has 0 spiro atoms. The summed E-state index contributed by atoms with van der Waals surface area (Å²) in [5.41, 5.74) is 9.11. The van der Waals surface area contributed by atoms with Gasteiger partial charge in [-0.25, -0.2) is 4.98 Å². The Kier molecular flexibility index (Phi) is 3.22. The second-order valence-corrected chi connectivity index (χ2v) is 4.07. The van der Waals surface area contributed by atoms with Crippen LogP contribution in [0.15, 0.2) is 18.2 Å². The summed E-state index contributed by atoms with van der Waals surface area (Å²) in [5.74, 6) is 0.913. The highest BCUT2D eigenvalue weighted by Crippen LogP contribution is 2.20. The third-order valence-electron chi connectivity index (χ3n) is 2.73. The number of aliphatic hydroxyl groups is 1. The molecule has 86 valence electrons. The molecule has 0 amide bonds. The summed E-state index contributed by atoms with van der Waals surface area (Å²) in [5, 5.41) is 8.77. The number of fused-ring (bicyclic) bond motifs is 1. The van der Waals surface area contributed by atoms with Crippen molar-refractivity contribution in [1.29, 1.82) is 0 Å². The van der Waals surface area contributed by atoms with Crippen molar-refractivity contribution < 1.29 is 5.11 Å². The second-order valence-electron chi connectivity index (χ2n) is 4.07. The van der Waals surface area contributed by atoms with E-state index in [-0.39, 0.29) is 12.6 Å². The molecule has 0 saturated carbocycles. The van der Waals surface area contributed by atoms with Gasteiger partial charge < -0.3 is 15.8 Å². The molecule has 4 heteroatoms. The van der Waals surface area contributed by atoms with Gasteiger partial charge in [0.25, 0.3) is 0 Å². The molecule has 0 aliphatic heterocycles. The van der Waals surface area contributed by atoms with Crippen LogP contribution in [0.3, 0.4) is 0 Å². The Hall–Kier alpha value is -1.39. The van der Waals surface area contributed by atoms with Crippen molar-refractivity contribution in [3.8, 4) is 0 Å². The molecule has 0 aliphatic rings. The number of aliphatic hydroxyl groups excluding tert-OH is 1. The molecule has 4 N–H and O–H groups in total. The number of rotatable bonds is 4. The summed E-state index contributed by atoms with van der Waals surface area (Å²) in [6, 6.07) is 6.01. The highest BCUT2D eigenvalue weighted by Gasteiger charge is 2.07. The molecule has 2 rings (SSSR count). The van der Waals surface area contributed by atoms with Crippen molar-refractivity contribution >= 4 is 11.0 Å². The standard InChI is InChI=1S/C12H17N3O/c1-8-14-11-5-4-9(7-12(11)15-8)10(13)3-2-6-16/h4-5,7,10,16H,2-3,6,13H2,1H3,(H,14,15). The molecule has 1 atom stereocenters. The zero-order valence-corrected chi connectivity index (χ0v) is 9.40. The van der Waals surface area contributed by atoms with Gasteiger partial charge in [0.1, 0.15) is 5.82 Å². The lowest BCUT2D eigenvalue weighted by atomic mass is 10.0. The van der Waals surface area contributed by atoms with E-state index in [1.807, 2.05) is 25.1 Å². The average Bonchev–Trinajstić information content (AvgIpc) is 2.64. The number of benzene rings is 1. The number of hydrogen-bond donors (Lipinski definition) is 3. The summed E-state index contributed by atoms with van der Waals surface area (Å²) >= 11 is 0. The molecule has 4 nitrogen and oxygen atoms in total. The normalized spacial score (nSPS) is 13.2. The predicted molar refractivity (Wildman–Crippen MR) is 64.1 cm³/mol. The molecule has 0 aliphatic carbocycles. The van der Waals surface area contributed by atoms with Gasteiger partial charge in [0.15, 0.2) is 0 Å². The summed E-state index contributed by atoms with van der Waals surface area (Å²) in [6.07, 6.45) is 1.54. The zero-order valence-electron chi connectivity index (χ0n) is 9.40. The minimum atomic E-state index is -0.0137. The Bertz CT molecular complexity index is 478.